The predicted octanol–water partition coefficient (Wildman–Crippen LogP) is 3.18. The molecule has 1 aromatic carbocycles. The molecule has 1 aromatic rings. The highest BCUT2D eigenvalue weighted by atomic mass is 16.5. The normalized spacial score (nSPS) is 18.3. The number of carbonyl (C=O) groups is 5. The summed E-state index contributed by atoms with van der Waals surface area (Å²) in [5.74, 6) is -2.96. The molecule has 1 fully saturated rings. The quantitative estimate of drug-likeness (QED) is 0.173. The lowest BCUT2D eigenvalue weighted by Gasteiger charge is -2.39. The number of benzene rings is 1. The van der Waals surface area contributed by atoms with Crippen LogP contribution < -0.4 is 11.1 Å². The number of carboxylic acid groups (broad SMARTS) is 1. The first kappa shape index (κ1) is 43.6. The van der Waals surface area contributed by atoms with Crippen LogP contribution in [0.4, 0.5) is 0 Å². The second-order valence-electron chi connectivity index (χ2n) is 14.6. The third kappa shape index (κ3) is 11.7. The maximum Gasteiger partial charge on any atom is 0.335 e. The van der Waals surface area contributed by atoms with E-state index in [1.165, 1.54) is 7.11 Å². The molecule has 1 aliphatic heterocycles. The third-order valence-electron chi connectivity index (χ3n) is 10.3. The smallest absolute Gasteiger partial charge is 0.335 e. The number of nitrogens with two attached hydrogens (primary N) is 1. The van der Waals surface area contributed by atoms with Gasteiger partial charge in [-0.15, -0.1) is 0 Å². The Balaban J connectivity index is 2.21. The molecule has 1 heterocycles. The molecule has 0 bridgehead atoms. The Bertz CT molecular complexity index is 1310. The maximum absolute atomic E-state index is 14.2. The van der Waals surface area contributed by atoms with Gasteiger partial charge in [-0.2, -0.15) is 0 Å². The van der Waals surface area contributed by atoms with Gasteiger partial charge >= 0.3 is 5.97 Å². The lowest BCUT2D eigenvalue weighted by molar-refractivity contribution is -0.146. The van der Waals surface area contributed by atoms with Crippen LogP contribution in [-0.2, 0) is 35.1 Å². The van der Waals surface area contributed by atoms with Crippen LogP contribution in [0.25, 0.3) is 0 Å². The number of carboxylic acids is 1. The van der Waals surface area contributed by atoms with Gasteiger partial charge in [0.05, 0.1) is 48.2 Å². The molecule has 2 rings (SSSR count). The molecule has 13 heteroatoms. The van der Waals surface area contributed by atoms with Crippen molar-refractivity contribution in [1.82, 2.24) is 20.0 Å². The SMILES string of the molecule is CCC[C@@H]([C@@H](CC(=O)N1CCC[C@H]1[C@H](OC)[C@@H](C)C(N)=O)OC)N(C)C(=O)[C@@H](NC(=O)C(C(C)C)N(C)CCc1ccc(C(=O)O)cc1)C(C)C. The zero-order valence-electron chi connectivity index (χ0n) is 32.4. The lowest BCUT2D eigenvalue weighted by atomic mass is 9.94. The molecule has 4 N–H and O–H groups in total. The van der Waals surface area contributed by atoms with Gasteiger partial charge in [0.15, 0.2) is 0 Å². The number of nitrogens with one attached hydrogen (secondary N) is 1. The van der Waals surface area contributed by atoms with Crippen molar-refractivity contribution in [2.75, 3.05) is 41.4 Å². The highest BCUT2D eigenvalue weighted by Gasteiger charge is 2.41. The number of primary amides is 1. The van der Waals surface area contributed by atoms with E-state index in [1.807, 2.05) is 46.6 Å². The molecule has 0 aliphatic carbocycles. The molecular formula is C38H63N5O8. The number of likely N-dealkylation sites (N-methyl/N-ethyl adjacent to an activating group) is 2. The fraction of sp³-hybridized carbons (Fsp3) is 0.711. The standard InChI is InChI=1S/C38H63N5O8/c1-11-13-28(30(50-9)22-31(44)43-20-12-14-29(43)34(51-10)25(6)35(39)45)42(8)37(47)32(23(2)3)40-36(46)33(24(4)5)41(7)21-19-26-15-17-27(18-16-26)38(48)49/h15-18,23-25,28-30,32-34H,11-14,19-22H2,1-10H3,(H2,39,45)(H,40,46)(H,48,49)/t25-,28+,29+,30-,32+,33?,34-/m1/s1. The summed E-state index contributed by atoms with van der Waals surface area (Å²) in [5.41, 5.74) is 6.76. The topological polar surface area (TPSA) is 172 Å². The molecule has 0 radical (unpaired) electrons. The van der Waals surface area contributed by atoms with Crippen molar-refractivity contribution < 1.29 is 38.6 Å². The number of hydrogen-bond acceptors (Lipinski definition) is 8. The van der Waals surface area contributed by atoms with Crippen LogP contribution in [0.3, 0.4) is 0 Å². The molecule has 1 unspecified atom stereocenters. The molecule has 0 saturated carbocycles. The van der Waals surface area contributed by atoms with Crippen molar-refractivity contribution in [3.63, 3.8) is 0 Å². The molecule has 51 heavy (non-hydrogen) atoms. The van der Waals surface area contributed by atoms with E-state index >= 15 is 0 Å². The van der Waals surface area contributed by atoms with Gasteiger partial charge in [-0.05, 0) is 62.3 Å². The molecule has 7 atom stereocenters. The number of rotatable bonds is 21. The molecule has 13 nitrogen and oxygen atoms in total. The summed E-state index contributed by atoms with van der Waals surface area (Å²) in [7, 11) is 6.64. The van der Waals surface area contributed by atoms with Crippen molar-refractivity contribution in [2.45, 2.75) is 116 Å². The van der Waals surface area contributed by atoms with E-state index in [4.69, 9.17) is 15.2 Å². The van der Waals surface area contributed by atoms with Crippen molar-refractivity contribution in [3.05, 3.63) is 35.4 Å². The Morgan fingerprint density at radius 1 is 1.00 bits per heavy atom. The van der Waals surface area contributed by atoms with E-state index in [1.54, 1.807) is 55.1 Å². The van der Waals surface area contributed by atoms with Crippen molar-refractivity contribution in [2.24, 2.45) is 23.5 Å². The first-order valence-corrected chi connectivity index (χ1v) is 18.2. The zero-order valence-corrected chi connectivity index (χ0v) is 32.4. The summed E-state index contributed by atoms with van der Waals surface area (Å²) >= 11 is 0. The number of aromatic carboxylic acids is 1. The predicted molar refractivity (Wildman–Crippen MR) is 196 cm³/mol. The van der Waals surface area contributed by atoms with E-state index in [0.29, 0.717) is 32.4 Å². The Morgan fingerprint density at radius 2 is 1.63 bits per heavy atom. The summed E-state index contributed by atoms with van der Waals surface area (Å²) in [4.78, 5) is 70.4. The molecule has 0 spiro atoms. The fourth-order valence-corrected chi connectivity index (χ4v) is 7.30. The molecule has 1 saturated heterocycles. The minimum absolute atomic E-state index is 0.0363. The second-order valence-corrected chi connectivity index (χ2v) is 14.6. The average molecular weight is 718 g/mol. The van der Waals surface area contributed by atoms with Gasteiger partial charge in [0.1, 0.15) is 6.04 Å². The molecular weight excluding hydrogens is 654 g/mol. The Morgan fingerprint density at radius 3 is 2.12 bits per heavy atom. The fourth-order valence-electron chi connectivity index (χ4n) is 7.30. The van der Waals surface area contributed by atoms with E-state index in [0.717, 1.165) is 18.4 Å². The van der Waals surface area contributed by atoms with Crippen LogP contribution in [0.1, 0.15) is 89.6 Å². The van der Waals surface area contributed by atoms with Crippen LogP contribution in [-0.4, -0.2) is 127 Å². The number of ether oxygens (including phenoxy) is 2. The van der Waals surface area contributed by atoms with Gasteiger partial charge in [0.25, 0.3) is 0 Å². The van der Waals surface area contributed by atoms with E-state index < -0.39 is 48.1 Å². The minimum Gasteiger partial charge on any atom is -0.478 e. The van der Waals surface area contributed by atoms with Gasteiger partial charge in [-0.25, -0.2) is 4.79 Å². The number of carbonyl (C=O) groups excluding carboxylic acids is 4. The monoisotopic (exact) mass is 717 g/mol. The van der Waals surface area contributed by atoms with E-state index in [-0.39, 0.29) is 47.6 Å². The van der Waals surface area contributed by atoms with E-state index in [9.17, 15) is 29.1 Å². The van der Waals surface area contributed by atoms with Crippen LogP contribution in [0.5, 0.6) is 0 Å². The number of likely N-dealkylation sites (tertiary alicyclic amines) is 1. The Labute approximate surface area is 304 Å². The van der Waals surface area contributed by atoms with Crippen LogP contribution in [0.15, 0.2) is 24.3 Å². The zero-order chi connectivity index (χ0) is 38.6. The Hall–Kier alpha value is -3.55. The van der Waals surface area contributed by atoms with Crippen molar-refractivity contribution >= 4 is 29.6 Å². The molecule has 1 aliphatic rings. The van der Waals surface area contributed by atoms with Gasteiger partial charge < -0.3 is 35.4 Å². The Kier molecular flexibility index (Phi) is 17.5. The van der Waals surface area contributed by atoms with Gasteiger partial charge in [-0.1, -0.05) is 60.1 Å². The third-order valence-corrected chi connectivity index (χ3v) is 10.3. The highest BCUT2D eigenvalue weighted by Crippen LogP contribution is 2.28. The van der Waals surface area contributed by atoms with Gasteiger partial charge in [-0.3, -0.25) is 24.1 Å². The minimum atomic E-state index is -0.980. The van der Waals surface area contributed by atoms with Gasteiger partial charge in [0, 0.05) is 34.4 Å². The first-order valence-electron chi connectivity index (χ1n) is 18.2. The largest absolute Gasteiger partial charge is 0.478 e. The number of methoxy groups -OCH3 is 2. The van der Waals surface area contributed by atoms with Crippen molar-refractivity contribution in [1.29, 1.82) is 0 Å². The molecule has 4 amide bonds. The molecule has 0 aromatic heterocycles. The summed E-state index contributed by atoms with van der Waals surface area (Å²) in [6, 6.07) is 4.65. The van der Waals surface area contributed by atoms with Crippen LogP contribution >= 0.6 is 0 Å². The van der Waals surface area contributed by atoms with E-state index in [2.05, 4.69) is 5.32 Å². The second kappa shape index (κ2) is 20.5. The van der Waals surface area contributed by atoms with Gasteiger partial charge in [0.2, 0.25) is 23.6 Å². The molecule has 288 valence electrons. The number of amides is 4. The van der Waals surface area contributed by atoms with Crippen molar-refractivity contribution in [3.8, 4) is 0 Å². The summed E-state index contributed by atoms with van der Waals surface area (Å²) in [5, 5.41) is 12.2. The maximum atomic E-state index is 14.2. The summed E-state index contributed by atoms with van der Waals surface area (Å²) in [6.45, 7) is 12.5. The lowest BCUT2D eigenvalue weighted by Crippen LogP contribution is -2.59. The highest BCUT2D eigenvalue weighted by molar-refractivity contribution is 5.90. The summed E-state index contributed by atoms with van der Waals surface area (Å²) < 4.78 is 11.6. The average Bonchev–Trinajstić information content (AvgIpc) is 3.57. The van der Waals surface area contributed by atoms with Crippen LogP contribution in [0.2, 0.25) is 0 Å². The number of hydrogen-bond donors (Lipinski definition) is 3. The number of nitrogens with zero attached hydrogens (tertiary/aromatic N) is 3. The summed E-state index contributed by atoms with van der Waals surface area (Å²) in [6.07, 6.45) is 2.31. The first-order chi connectivity index (χ1) is 24.0. The van der Waals surface area contributed by atoms with Crippen LogP contribution in [0, 0.1) is 17.8 Å².